The molecule has 0 atom stereocenters. The van der Waals surface area contributed by atoms with Gasteiger partial charge in [-0.05, 0) is 61.1 Å². The maximum Gasteiger partial charge on any atom is 0.543 e. The number of hydrogen-bond donors (Lipinski definition) is 0. The summed E-state index contributed by atoms with van der Waals surface area (Å²) in [7, 11) is 0. The monoisotopic (exact) mass is 576 g/mol. The largest absolute Gasteiger partial charge is 0.543 e. The lowest BCUT2D eigenvalue weighted by Crippen LogP contribution is -2.15. The Kier molecular flexibility index (Phi) is 16.0. The van der Waals surface area contributed by atoms with E-state index in [1.165, 1.54) is 0 Å². The van der Waals surface area contributed by atoms with Crippen molar-refractivity contribution in [3.8, 4) is 0 Å². The average Bonchev–Trinajstić information content (AvgIpc) is 2.98. The second-order valence-corrected chi connectivity index (χ2v) is 8.90. The Hall–Kier alpha value is -4.16. The number of aryl methyl sites for hydroxylation is 2. The van der Waals surface area contributed by atoms with E-state index in [1.54, 1.807) is 24.3 Å². The van der Waals surface area contributed by atoms with E-state index in [-0.39, 0.29) is 30.8 Å². The van der Waals surface area contributed by atoms with Crippen LogP contribution in [0.3, 0.4) is 0 Å². The Morgan fingerprint density at radius 1 is 0.512 bits per heavy atom. The quantitative estimate of drug-likeness (QED) is 0.0821. The molecule has 0 radical (unpaired) electrons. The van der Waals surface area contributed by atoms with E-state index in [0.29, 0.717) is 0 Å². The van der Waals surface area contributed by atoms with Crippen LogP contribution in [0.15, 0.2) is 48.5 Å². The van der Waals surface area contributed by atoms with Gasteiger partial charge >= 0.3 is 24.2 Å². The number of hydrogen-bond acceptors (Lipinski definition) is 12. The summed E-state index contributed by atoms with van der Waals surface area (Å²) in [4.78, 5) is 64.0. The Morgan fingerprint density at radius 2 is 0.902 bits per heavy atom. The zero-order valence-corrected chi connectivity index (χ0v) is 23.3. The lowest BCUT2D eigenvalue weighted by Gasteiger charge is -2.06. The molecule has 224 valence electrons. The topological polar surface area (TPSA) is 142 Å². The van der Waals surface area contributed by atoms with Crippen molar-refractivity contribution in [2.45, 2.75) is 71.6 Å². The van der Waals surface area contributed by atoms with Crippen LogP contribution < -0.4 is 0 Å². The molecule has 0 aliphatic rings. The normalized spacial score (nSPS) is 10.4. The van der Waals surface area contributed by atoms with Gasteiger partial charge in [0.15, 0.2) is 0 Å². The molecule has 0 saturated carbocycles. The first-order chi connectivity index (χ1) is 19.9. The van der Waals surface area contributed by atoms with Gasteiger partial charge in [-0.15, -0.1) is 0 Å². The van der Waals surface area contributed by atoms with Crippen LogP contribution in [-0.2, 0) is 51.9 Å². The molecule has 12 heteroatoms. The molecular weight excluding hydrogens is 540 g/mol. The van der Waals surface area contributed by atoms with E-state index in [1.807, 2.05) is 24.3 Å². The molecule has 0 aliphatic carbocycles. The molecule has 0 aromatic heterocycles. The summed E-state index contributed by atoms with van der Waals surface area (Å²) in [5.41, 5.74) is 2.63. The highest BCUT2D eigenvalue weighted by atomic mass is 17.5. The van der Waals surface area contributed by atoms with Crippen LogP contribution >= 0.6 is 0 Å². The van der Waals surface area contributed by atoms with Crippen molar-refractivity contribution in [3.05, 3.63) is 70.8 Å². The van der Waals surface area contributed by atoms with E-state index in [2.05, 4.69) is 52.9 Å². The van der Waals surface area contributed by atoms with Crippen LogP contribution in [0.4, 0.5) is 9.59 Å². The van der Waals surface area contributed by atoms with Crippen LogP contribution in [0.2, 0.25) is 0 Å². The van der Waals surface area contributed by atoms with Crippen molar-refractivity contribution in [2.75, 3.05) is 13.2 Å². The minimum atomic E-state index is -1.28. The summed E-state index contributed by atoms with van der Waals surface area (Å²) in [5, 5.41) is 8.30. The average molecular weight is 577 g/mol. The highest BCUT2D eigenvalue weighted by Gasteiger charge is 2.14. The Bertz CT molecular complexity index is 981. The first-order valence-corrected chi connectivity index (χ1v) is 13.5. The van der Waals surface area contributed by atoms with E-state index >= 15 is 0 Å². The number of rotatable bonds is 18. The van der Waals surface area contributed by atoms with Crippen molar-refractivity contribution in [3.63, 3.8) is 0 Å². The molecule has 41 heavy (non-hydrogen) atoms. The Morgan fingerprint density at radius 3 is 1.27 bits per heavy atom. The fourth-order valence-electron chi connectivity index (χ4n) is 3.44. The number of carbonyl (C=O) groups is 4. The van der Waals surface area contributed by atoms with Gasteiger partial charge in [-0.1, -0.05) is 63.8 Å². The molecule has 12 nitrogen and oxygen atoms in total. The maximum absolute atomic E-state index is 11.9. The van der Waals surface area contributed by atoms with Gasteiger partial charge in [0.25, 0.3) is 0 Å². The summed E-state index contributed by atoms with van der Waals surface area (Å²) < 4.78 is 9.32. The molecule has 0 saturated heterocycles. The van der Waals surface area contributed by atoms with Crippen LogP contribution in [0.5, 0.6) is 0 Å². The third-order valence-corrected chi connectivity index (χ3v) is 5.67. The number of unbranched alkanes of at least 4 members (excludes halogenated alkanes) is 4. The second-order valence-electron chi connectivity index (χ2n) is 8.90. The second kappa shape index (κ2) is 19.8. The molecule has 0 heterocycles. The number of ether oxygens (including phenoxy) is 2. The molecule has 2 aromatic carbocycles. The van der Waals surface area contributed by atoms with E-state index in [4.69, 9.17) is 0 Å². The van der Waals surface area contributed by atoms with Gasteiger partial charge in [0.1, 0.15) is 0 Å². The molecule has 0 fully saturated rings. The number of carbonyl (C=O) groups excluding carboxylic acids is 4. The standard InChI is InChI=1S/C29H36O12/c1-3-5-7-10-22-12-16-24(17-13-22)26(30)36-40-38-28(32)34-20-9-21-35-29(33)39-41-37-27(31)25-18-14-23(15-19-25)11-8-6-4-2/h12-19H,3-11,20-21H2,1-2H3. The molecule has 0 spiro atoms. The molecular formula is C29H36O12. The predicted octanol–water partition coefficient (Wildman–Crippen LogP) is 6.56. The predicted molar refractivity (Wildman–Crippen MR) is 142 cm³/mol. The zero-order valence-electron chi connectivity index (χ0n) is 23.3. The van der Waals surface area contributed by atoms with Crippen LogP contribution in [0, 0.1) is 0 Å². The van der Waals surface area contributed by atoms with Gasteiger partial charge in [0.05, 0.1) is 34.4 Å². The molecule has 0 aliphatic heterocycles. The van der Waals surface area contributed by atoms with Gasteiger partial charge in [0.2, 0.25) is 0 Å². The van der Waals surface area contributed by atoms with Crippen LogP contribution in [0.25, 0.3) is 0 Å². The lowest BCUT2D eigenvalue weighted by molar-refractivity contribution is -0.452. The first kappa shape index (κ1) is 33.0. The highest BCUT2D eigenvalue weighted by molar-refractivity contribution is 5.89. The highest BCUT2D eigenvalue weighted by Crippen LogP contribution is 2.11. The summed E-state index contributed by atoms with van der Waals surface area (Å²) in [6, 6.07) is 13.6. The lowest BCUT2D eigenvalue weighted by atomic mass is 10.1. The van der Waals surface area contributed by atoms with Gasteiger partial charge in [-0.2, -0.15) is 0 Å². The van der Waals surface area contributed by atoms with E-state index in [9.17, 15) is 19.2 Å². The fourth-order valence-corrected chi connectivity index (χ4v) is 3.44. The third-order valence-electron chi connectivity index (χ3n) is 5.67. The van der Waals surface area contributed by atoms with E-state index in [0.717, 1.165) is 62.5 Å². The molecule has 2 rings (SSSR count). The summed E-state index contributed by atoms with van der Waals surface area (Å²) in [5.74, 6) is -1.71. The van der Waals surface area contributed by atoms with Gasteiger partial charge in [-0.3, -0.25) is 9.78 Å². The van der Waals surface area contributed by atoms with E-state index < -0.39 is 24.2 Å². The van der Waals surface area contributed by atoms with Crippen molar-refractivity contribution in [1.29, 1.82) is 0 Å². The van der Waals surface area contributed by atoms with Crippen molar-refractivity contribution < 1.29 is 58.3 Å². The molecule has 2 aromatic rings. The summed E-state index contributed by atoms with van der Waals surface area (Å²) >= 11 is 0. The van der Waals surface area contributed by atoms with Crippen molar-refractivity contribution in [2.24, 2.45) is 0 Å². The van der Waals surface area contributed by atoms with Crippen molar-refractivity contribution >= 4 is 24.2 Å². The SMILES string of the molecule is CCCCCc1ccc(C(=O)OOOC(=O)OCCCOC(=O)OOOC(=O)c2ccc(CCCCC)cc2)cc1. The van der Waals surface area contributed by atoms with Gasteiger partial charge in [0, 0.05) is 6.42 Å². The Labute approximate surface area is 238 Å². The van der Waals surface area contributed by atoms with Gasteiger partial charge in [-0.25, -0.2) is 29.0 Å². The zero-order chi connectivity index (χ0) is 29.7. The molecule has 0 bridgehead atoms. The summed E-state index contributed by atoms with van der Waals surface area (Å²) in [6.07, 6.45) is 5.96. The van der Waals surface area contributed by atoms with Crippen LogP contribution in [0.1, 0.15) is 90.6 Å². The minimum Gasteiger partial charge on any atom is -0.432 e. The number of benzene rings is 2. The third kappa shape index (κ3) is 14.2. The summed E-state index contributed by atoms with van der Waals surface area (Å²) in [6.45, 7) is 3.79. The Balaban J connectivity index is 1.49. The van der Waals surface area contributed by atoms with Crippen molar-refractivity contribution in [1.82, 2.24) is 0 Å². The molecule has 0 amide bonds. The minimum absolute atomic E-state index is 0.0545. The maximum atomic E-state index is 11.9. The fraction of sp³-hybridized carbons (Fsp3) is 0.448. The van der Waals surface area contributed by atoms with Gasteiger partial charge < -0.3 is 9.47 Å². The van der Waals surface area contributed by atoms with Crippen LogP contribution in [-0.4, -0.2) is 37.5 Å². The first-order valence-electron chi connectivity index (χ1n) is 13.5. The molecule has 0 N–H and O–H groups in total. The smallest absolute Gasteiger partial charge is 0.432 e. The molecule has 0 unspecified atom stereocenters.